The molecule has 0 spiro atoms. The second kappa shape index (κ2) is 19.5. The highest BCUT2D eigenvalue weighted by Gasteiger charge is 2.22. The van der Waals surface area contributed by atoms with Crippen molar-refractivity contribution >= 4 is 0 Å². The fourth-order valence-corrected chi connectivity index (χ4v) is 5.04. The molecule has 1 aromatic heterocycles. The number of hydrogen-bond donors (Lipinski definition) is 2. The Kier molecular flexibility index (Phi) is 17.3. The molecule has 0 radical (unpaired) electrons. The molecule has 0 saturated heterocycles. The maximum absolute atomic E-state index is 12.3. The fourth-order valence-electron chi connectivity index (χ4n) is 5.04. The average molecular weight is 554 g/mol. The number of pyridine rings is 1. The SMILES string of the molecule is C=C1/C=C\C=C/N(CC2CCC(C)CC2)/C(C)=C\1ONCc1c(C)cc(C)[nH]c1=O.CC.CCCCC(C)CC. The van der Waals surface area contributed by atoms with Crippen LogP contribution >= 0.6 is 0 Å². The number of unbranched alkanes of at least 4 members (excludes halogenated alkanes) is 1. The molecule has 1 fully saturated rings. The van der Waals surface area contributed by atoms with Crippen LogP contribution in [0.1, 0.15) is 117 Å². The van der Waals surface area contributed by atoms with Crippen molar-refractivity contribution in [2.75, 3.05) is 6.54 Å². The summed E-state index contributed by atoms with van der Waals surface area (Å²) < 4.78 is 0. The summed E-state index contributed by atoms with van der Waals surface area (Å²) in [6.45, 7) is 24.6. The lowest BCUT2D eigenvalue weighted by atomic mass is 9.83. The van der Waals surface area contributed by atoms with Crippen LogP contribution in [0.25, 0.3) is 0 Å². The molecule has 3 rings (SSSR count). The Morgan fingerprint density at radius 3 is 2.40 bits per heavy atom. The van der Waals surface area contributed by atoms with E-state index < -0.39 is 0 Å². The van der Waals surface area contributed by atoms with Gasteiger partial charge in [0.1, 0.15) is 0 Å². The second-order valence-corrected chi connectivity index (χ2v) is 11.4. The third kappa shape index (κ3) is 12.3. The lowest BCUT2D eigenvalue weighted by Gasteiger charge is -2.32. The molecule has 1 aliphatic heterocycles. The van der Waals surface area contributed by atoms with Gasteiger partial charge in [0.15, 0.2) is 5.76 Å². The van der Waals surface area contributed by atoms with E-state index in [2.05, 4.69) is 68.8 Å². The number of rotatable bonds is 10. The normalized spacial score (nSPS) is 23.0. The van der Waals surface area contributed by atoms with Crippen molar-refractivity contribution in [3.05, 3.63) is 81.3 Å². The Morgan fingerprint density at radius 1 is 1.12 bits per heavy atom. The summed E-state index contributed by atoms with van der Waals surface area (Å²) in [6.07, 6.45) is 18.8. The van der Waals surface area contributed by atoms with E-state index in [-0.39, 0.29) is 5.56 Å². The predicted octanol–water partition coefficient (Wildman–Crippen LogP) is 9.26. The lowest BCUT2D eigenvalue weighted by molar-refractivity contribution is 0.0987. The summed E-state index contributed by atoms with van der Waals surface area (Å²) in [6, 6.07) is 1.97. The van der Waals surface area contributed by atoms with Gasteiger partial charge in [-0.15, -0.1) is 0 Å². The van der Waals surface area contributed by atoms with Gasteiger partial charge < -0.3 is 14.7 Å². The number of allylic oxidation sites excluding steroid dienone is 4. The van der Waals surface area contributed by atoms with Gasteiger partial charge in [0.2, 0.25) is 0 Å². The Morgan fingerprint density at radius 2 is 1.80 bits per heavy atom. The largest absolute Gasteiger partial charge is 0.406 e. The molecule has 2 aliphatic rings. The Hall–Kier alpha value is -2.53. The first kappa shape index (κ1) is 35.5. The van der Waals surface area contributed by atoms with Crippen LogP contribution in [0.5, 0.6) is 0 Å². The zero-order valence-electron chi connectivity index (χ0n) is 27.2. The van der Waals surface area contributed by atoms with E-state index in [0.29, 0.717) is 23.8 Å². The van der Waals surface area contributed by atoms with E-state index in [1.54, 1.807) is 0 Å². The highest BCUT2D eigenvalue weighted by Crippen LogP contribution is 2.31. The molecule has 2 heterocycles. The molecule has 5 nitrogen and oxygen atoms in total. The molecule has 5 heteroatoms. The Bertz CT molecular complexity index is 1030. The van der Waals surface area contributed by atoms with E-state index in [9.17, 15) is 4.79 Å². The van der Waals surface area contributed by atoms with Crippen LogP contribution in [0.3, 0.4) is 0 Å². The van der Waals surface area contributed by atoms with E-state index >= 15 is 0 Å². The number of H-pyrrole nitrogens is 1. The van der Waals surface area contributed by atoms with Gasteiger partial charge in [0.05, 0.1) is 12.2 Å². The van der Waals surface area contributed by atoms with Crippen molar-refractivity contribution in [1.82, 2.24) is 15.4 Å². The molecule has 0 bridgehead atoms. The molecular weight excluding hydrogens is 494 g/mol. The maximum Gasteiger partial charge on any atom is 0.253 e. The molecule has 1 aromatic rings. The van der Waals surface area contributed by atoms with Crippen molar-refractivity contribution < 1.29 is 4.84 Å². The minimum Gasteiger partial charge on any atom is -0.406 e. The zero-order chi connectivity index (χ0) is 30.1. The first-order valence-corrected chi connectivity index (χ1v) is 15.8. The van der Waals surface area contributed by atoms with Crippen molar-refractivity contribution in [3.63, 3.8) is 0 Å². The summed E-state index contributed by atoms with van der Waals surface area (Å²) in [5.74, 6) is 3.20. The van der Waals surface area contributed by atoms with Gasteiger partial charge in [-0.2, -0.15) is 5.48 Å². The summed E-state index contributed by atoms with van der Waals surface area (Å²) in [5, 5.41) is 0. The molecular formula is C35H59N3O2. The van der Waals surface area contributed by atoms with Crippen LogP contribution in [0.2, 0.25) is 0 Å². The number of nitrogens with one attached hydrogen (secondary N) is 2. The molecule has 1 unspecified atom stereocenters. The van der Waals surface area contributed by atoms with E-state index in [4.69, 9.17) is 4.84 Å². The molecule has 1 aliphatic carbocycles. The predicted molar refractivity (Wildman–Crippen MR) is 173 cm³/mol. The number of aromatic nitrogens is 1. The van der Waals surface area contributed by atoms with Crippen LogP contribution in [-0.4, -0.2) is 16.4 Å². The van der Waals surface area contributed by atoms with Crippen LogP contribution in [-0.2, 0) is 11.4 Å². The average Bonchev–Trinajstić information content (AvgIpc) is 2.94. The van der Waals surface area contributed by atoms with Crippen molar-refractivity contribution in [2.45, 2.75) is 120 Å². The first-order valence-electron chi connectivity index (χ1n) is 15.8. The number of hydroxylamine groups is 1. The topological polar surface area (TPSA) is 57.4 Å². The van der Waals surface area contributed by atoms with Gasteiger partial charge in [-0.1, -0.05) is 98.8 Å². The molecule has 1 saturated carbocycles. The minimum absolute atomic E-state index is 0.0817. The van der Waals surface area contributed by atoms with Gasteiger partial charge in [-0.05, 0) is 69.1 Å². The molecule has 0 amide bonds. The number of aromatic amines is 1. The van der Waals surface area contributed by atoms with Crippen molar-refractivity contribution in [3.8, 4) is 0 Å². The first-order chi connectivity index (χ1) is 19.2. The minimum atomic E-state index is -0.0817. The third-order valence-corrected chi connectivity index (χ3v) is 7.98. The standard InChI is InChI=1S/C25H35N3O2.C8H18.C2H6/c1-17-9-11-22(12-10-17)16-28-13-7-6-8-18(2)24(21(28)5)30-26-15-23-19(3)14-20(4)27-25(23)29;1-4-6-7-8(3)5-2;1-2/h6-8,13-14,17,22,26H,2,9-12,15-16H2,1,3-5H3,(H,27,29);8H,4-7H2,1-3H3;1-2H3/b8-6-,13-7-,24-21+;;. The van der Waals surface area contributed by atoms with Gasteiger partial charge in [-0.25, -0.2) is 0 Å². The zero-order valence-corrected chi connectivity index (χ0v) is 27.2. The van der Waals surface area contributed by atoms with Crippen LogP contribution in [0, 0.1) is 31.6 Å². The number of hydrogen-bond acceptors (Lipinski definition) is 4. The fraction of sp³-hybridized carbons (Fsp3) is 0.629. The second-order valence-electron chi connectivity index (χ2n) is 11.4. The van der Waals surface area contributed by atoms with Gasteiger partial charge in [0, 0.05) is 29.6 Å². The lowest BCUT2D eigenvalue weighted by Crippen LogP contribution is -2.29. The van der Waals surface area contributed by atoms with Gasteiger partial charge in [0.25, 0.3) is 5.56 Å². The summed E-state index contributed by atoms with van der Waals surface area (Å²) in [4.78, 5) is 23.4. The quantitative estimate of drug-likeness (QED) is 0.284. The smallest absolute Gasteiger partial charge is 0.253 e. The number of aryl methyl sites for hydroxylation is 2. The van der Waals surface area contributed by atoms with Crippen LogP contribution < -0.4 is 11.0 Å². The summed E-state index contributed by atoms with van der Waals surface area (Å²) in [5.41, 5.74) is 7.23. The van der Waals surface area contributed by atoms with E-state index in [1.807, 2.05) is 45.9 Å². The van der Waals surface area contributed by atoms with E-state index in [1.165, 1.54) is 51.4 Å². The highest BCUT2D eigenvalue weighted by molar-refractivity contribution is 5.39. The molecule has 40 heavy (non-hydrogen) atoms. The number of nitrogens with zero attached hydrogens (tertiary/aromatic N) is 1. The molecule has 0 aromatic carbocycles. The maximum atomic E-state index is 12.3. The Balaban J connectivity index is 0.000000689. The molecule has 2 N–H and O–H groups in total. The third-order valence-electron chi connectivity index (χ3n) is 7.98. The Labute approximate surface area is 245 Å². The van der Waals surface area contributed by atoms with Crippen LogP contribution in [0.4, 0.5) is 0 Å². The van der Waals surface area contributed by atoms with Crippen molar-refractivity contribution in [1.29, 1.82) is 0 Å². The van der Waals surface area contributed by atoms with Crippen LogP contribution in [0.15, 0.2) is 58.9 Å². The van der Waals surface area contributed by atoms with Crippen molar-refractivity contribution in [2.24, 2.45) is 17.8 Å². The molecule has 1 atom stereocenters. The summed E-state index contributed by atoms with van der Waals surface area (Å²) >= 11 is 0. The van der Waals surface area contributed by atoms with Gasteiger partial charge >= 0.3 is 0 Å². The van der Waals surface area contributed by atoms with E-state index in [0.717, 1.165) is 40.9 Å². The van der Waals surface area contributed by atoms with Gasteiger partial charge in [-0.3, -0.25) is 4.79 Å². The monoisotopic (exact) mass is 553 g/mol. The summed E-state index contributed by atoms with van der Waals surface area (Å²) in [7, 11) is 0. The molecule has 226 valence electrons. The highest BCUT2D eigenvalue weighted by atomic mass is 16.6.